The van der Waals surface area contributed by atoms with E-state index >= 15 is 0 Å². The number of phenolic OH excluding ortho intramolecular Hbond substituents is 1. The lowest BCUT2D eigenvalue weighted by atomic mass is 10.00. The van der Waals surface area contributed by atoms with Gasteiger partial charge in [-0.25, -0.2) is 4.79 Å². The highest BCUT2D eigenvalue weighted by atomic mass is 16.6. The van der Waals surface area contributed by atoms with Crippen molar-refractivity contribution in [2.24, 2.45) is 0 Å². The molecule has 0 radical (unpaired) electrons. The number of aliphatic hydroxyl groups excluding tert-OH is 1. The van der Waals surface area contributed by atoms with Crippen molar-refractivity contribution in [3.63, 3.8) is 0 Å². The van der Waals surface area contributed by atoms with E-state index in [1.54, 1.807) is 52.0 Å². The normalized spacial score (nSPS) is 12.5. The summed E-state index contributed by atoms with van der Waals surface area (Å²) in [7, 11) is 0. The number of alkyl carbamates (subject to hydrolysis) is 1. The third-order valence-corrected chi connectivity index (χ3v) is 5.60. The molecule has 0 heterocycles. The molecular weight excluding hydrogens is 518 g/mol. The Morgan fingerprint density at radius 2 is 1.65 bits per heavy atom. The predicted molar refractivity (Wildman–Crippen MR) is 147 cm³/mol. The maximum Gasteiger partial charge on any atom is 0.408 e. The number of nitrogens with one attached hydrogen (secondary N) is 2. The van der Waals surface area contributed by atoms with E-state index in [9.17, 15) is 29.4 Å². The molecule has 0 saturated heterocycles. The highest BCUT2D eigenvalue weighted by molar-refractivity contribution is 5.92. The number of esters is 1. The zero-order chi connectivity index (χ0) is 29.7. The van der Waals surface area contributed by atoms with Crippen LogP contribution in [0.4, 0.5) is 4.79 Å². The first-order valence-electron chi connectivity index (χ1n) is 13.1. The van der Waals surface area contributed by atoms with E-state index in [2.05, 4.69) is 10.6 Å². The highest BCUT2D eigenvalue weighted by Crippen LogP contribution is 2.25. The molecule has 2 unspecified atom stereocenters. The van der Waals surface area contributed by atoms with Gasteiger partial charge in [0.05, 0.1) is 19.6 Å². The maximum atomic E-state index is 14.0. The second-order valence-corrected chi connectivity index (χ2v) is 9.98. The van der Waals surface area contributed by atoms with Crippen LogP contribution in [0.2, 0.25) is 0 Å². The van der Waals surface area contributed by atoms with Crippen LogP contribution in [0.3, 0.4) is 0 Å². The smallest absolute Gasteiger partial charge is 0.408 e. The number of amides is 3. The molecule has 0 bridgehead atoms. The van der Waals surface area contributed by atoms with Gasteiger partial charge in [0.2, 0.25) is 11.8 Å². The van der Waals surface area contributed by atoms with Crippen LogP contribution in [0.1, 0.15) is 51.3 Å². The molecule has 218 valence electrons. The average molecular weight is 558 g/mol. The summed E-state index contributed by atoms with van der Waals surface area (Å²) >= 11 is 0. The third kappa shape index (κ3) is 10.6. The third-order valence-electron chi connectivity index (χ3n) is 5.60. The summed E-state index contributed by atoms with van der Waals surface area (Å²) in [4.78, 5) is 53.1. The van der Waals surface area contributed by atoms with E-state index < -0.39 is 48.2 Å². The van der Waals surface area contributed by atoms with Crippen molar-refractivity contribution in [3.8, 4) is 5.75 Å². The molecule has 2 rings (SSSR count). The van der Waals surface area contributed by atoms with Gasteiger partial charge in [0, 0.05) is 19.5 Å². The summed E-state index contributed by atoms with van der Waals surface area (Å²) in [5, 5.41) is 24.9. The monoisotopic (exact) mass is 557 g/mol. The minimum atomic E-state index is -1.25. The molecule has 2 atom stereocenters. The Morgan fingerprint density at radius 3 is 2.23 bits per heavy atom. The first-order chi connectivity index (χ1) is 18.9. The van der Waals surface area contributed by atoms with Crippen molar-refractivity contribution in [2.45, 2.75) is 58.2 Å². The number of carbonyl (C=O) groups is 4. The molecular formula is C29H39N3O8. The zero-order valence-electron chi connectivity index (χ0n) is 23.4. The molecule has 0 saturated carbocycles. The highest BCUT2D eigenvalue weighted by Gasteiger charge is 2.36. The molecule has 0 aliphatic rings. The number of aromatic hydroxyl groups is 1. The molecule has 0 aliphatic carbocycles. The van der Waals surface area contributed by atoms with Crippen LogP contribution >= 0.6 is 0 Å². The number of aliphatic hydroxyl groups is 1. The number of carbonyl (C=O) groups excluding carboxylic acids is 4. The fraction of sp³-hybridized carbons (Fsp3) is 0.448. The Bertz CT molecular complexity index is 1120. The van der Waals surface area contributed by atoms with Crippen LogP contribution in [0, 0.1) is 0 Å². The molecule has 0 aliphatic heterocycles. The van der Waals surface area contributed by atoms with Gasteiger partial charge in [0.15, 0.2) is 0 Å². The Kier molecular flexibility index (Phi) is 12.4. The van der Waals surface area contributed by atoms with Crippen molar-refractivity contribution < 1.29 is 38.9 Å². The summed E-state index contributed by atoms with van der Waals surface area (Å²) in [6.07, 6.45) is -0.800. The van der Waals surface area contributed by atoms with Crippen molar-refractivity contribution >= 4 is 23.9 Å². The molecule has 2 aromatic rings. The Hall–Kier alpha value is -4.12. The van der Waals surface area contributed by atoms with Crippen LogP contribution in [-0.4, -0.2) is 76.9 Å². The summed E-state index contributed by atoms with van der Waals surface area (Å²) in [6.45, 7) is 6.21. The molecule has 0 spiro atoms. The summed E-state index contributed by atoms with van der Waals surface area (Å²) in [5.41, 5.74) is 0.285. The molecule has 0 aromatic heterocycles. The molecule has 4 N–H and O–H groups in total. The van der Waals surface area contributed by atoms with Crippen molar-refractivity contribution in [1.82, 2.24) is 15.5 Å². The second kappa shape index (κ2) is 15.5. The van der Waals surface area contributed by atoms with E-state index in [1.807, 2.05) is 6.07 Å². The summed E-state index contributed by atoms with van der Waals surface area (Å²) in [6, 6.07) is 12.3. The maximum absolute atomic E-state index is 14.0. The van der Waals surface area contributed by atoms with E-state index in [0.717, 1.165) is 10.5 Å². The quantitative estimate of drug-likeness (QED) is 0.274. The van der Waals surface area contributed by atoms with Crippen molar-refractivity contribution in [1.29, 1.82) is 0 Å². The van der Waals surface area contributed by atoms with E-state index in [0.29, 0.717) is 5.56 Å². The first-order valence-corrected chi connectivity index (χ1v) is 13.1. The van der Waals surface area contributed by atoms with Crippen LogP contribution in [0.15, 0.2) is 54.6 Å². The first kappa shape index (κ1) is 32.1. The fourth-order valence-electron chi connectivity index (χ4n) is 3.92. The molecule has 3 amide bonds. The van der Waals surface area contributed by atoms with E-state index in [-0.39, 0.29) is 38.3 Å². The van der Waals surface area contributed by atoms with Gasteiger partial charge in [-0.05, 0) is 51.0 Å². The lowest BCUT2D eigenvalue weighted by molar-refractivity contribution is -0.144. The lowest BCUT2D eigenvalue weighted by Crippen LogP contribution is -2.54. The van der Waals surface area contributed by atoms with Gasteiger partial charge in [-0.2, -0.15) is 0 Å². The van der Waals surface area contributed by atoms with Crippen LogP contribution in [0.25, 0.3) is 0 Å². The van der Waals surface area contributed by atoms with Gasteiger partial charge in [-0.1, -0.05) is 42.5 Å². The Balaban J connectivity index is 2.43. The number of hydrogen-bond acceptors (Lipinski definition) is 8. The molecule has 0 fully saturated rings. The summed E-state index contributed by atoms with van der Waals surface area (Å²) < 4.78 is 10.3. The SMILES string of the molecule is CCOC(=O)CCNC(=O)C(c1ccc(O)cc1)N(CCO)C(=O)C(Cc1ccccc1)NC(=O)OC(C)(C)C. The van der Waals surface area contributed by atoms with Gasteiger partial charge in [0.25, 0.3) is 0 Å². The van der Waals surface area contributed by atoms with Gasteiger partial charge in [-0.15, -0.1) is 0 Å². The fourth-order valence-corrected chi connectivity index (χ4v) is 3.92. The van der Waals surface area contributed by atoms with Crippen LogP contribution < -0.4 is 10.6 Å². The minimum Gasteiger partial charge on any atom is -0.508 e. The topological polar surface area (TPSA) is 154 Å². The number of nitrogens with zero attached hydrogens (tertiary/aromatic N) is 1. The average Bonchev–Trinajstić information content (AvgIpc) is 2.88. The Morgan fingerprint density at radius 1 is 1.00 bits per heavy atom. The number of hydrogen-bond donors (Lipinski definition) is 4. The van der Waals surface area contributed by atoms with Gasteiger partial charge < -0.3 is 35.2 Å². The van der Waals surface area contributed by atoms with Crippen molar-refractivity contribution in [3.05, 3.63) is 65.7 Å². The number of benzene rings is 2. The zero-order valence-corrected chi connectivity index (χ0v) is 23.4. The standard InChI is InChI=1S/C29H39N3O8/c1-5-39-24(35)15-16-30-26(36)25(21-11-13-22(34)14-12-21)32(17-18-33)27(37)23(19-20-9-7-6-8-10-20)31-28(38)40-29(2,3)4/h6-14,23,25,33-34H,5,15-19H2,1-4H3,(H,30,36)(H,31,38). The molecule has 11 heteroatoms. The van der Waals surface area contributed by atoms with Gasteiger partial charge in [-0.3, -0.25) is 14.4 Å². The Labute approximate surface area is 234 Å². The second-order valence-electron chi connectivity index (χ2n) is 9.98. The predicted octanol–water partition coefficient (Wildman–Crippen LogP) is 2.46. The summed E-state index contributed by atoms with van der Waals surface area (Å²) in [5.74, 6) is -1.79. The molecule has 40 heavy (non-hydrogen) atoms. The largest absolute Gasteiger partial charge is 0.508 e. The number of ether oxygens (including phenoxy) is 2. The molecule has 11 nitrogen and oxygen atoms in total. The minimum absolute atomic E-state index is 0.0428. The number of phenols is 1. The van der Waals surface area contributed by atoms with E-state index in [1.165, 1.54) is 24.3 Å². The van der Waals surface area contributed by atoms with Gasteiger partial charge in [0.1, 0.15) is 23.4 Å². The lowest BCUT2D eigenvalue weighted by Gasteiger charge is -2.34. The van der Waals surface area contributed by atoms with Crippen LogP contribution in [0.5, 0.6) is 5.75 Å². The van der Waals surface area contributed by atoms with Crippen LogP contribution in [-0.2, 0) is 30.3 Å². The number of rotatable bonds is 13. The van der Waals surface area contributed by atoms with Crippen molar-refractivity contribution in [2.75, 3.05) is 26.3 Å². The molecule has 2 aromatic carbocycles. The van der Waals surface area contributed by atoms with Gasteiger partial charge >= 0.3 is 12.1 Å². The van der Waals surface area contributed by atoms with E-state index in [4.69, 9.17) is 9.47 Å².